The summed E-state index contributed by atoms with van der Waals surface area (Å²) in [7, 11) is 1.59. The average Bonchev–Trinajstić information content (AvgIpc) is 2.30. The molecule has 1 rings (SSSR count). The summed E-state index contributed by atoms with van der Waals surface area (Å²) in [5, 5.41) is 3.24. The van der Waals surface area contributed by atoms with Crippen LogP contribution in [0, 0.1) is 5.82 Å². The second-order valence-corrected chi connectivity index (χ2v) is 4.68. The van der Waals surface area contributed by atoms with Gasteiger partial charge in [-0.1, -0.05) is 19.9 Å². The molecule has 102 valence electrons. The van der Waals surface area contributed by atoms with Crippen LogP contribution in [0.4, 0.5) is 4.39 Å². The highest BCUT2D eigenvalue weighted by atomic mass is 19.1. The lowest BCUT2D eigenvalue weighted by atomic mass is 10.2. The molecule has 1 N–H and O–H groups in total. The van der Waals surface area contributed by atoms with Gasteiger partial charge in [-0.05, 0) is 24.6 Å². The van der Waals surface area contributed by atoms with E-state index >= 15 is 0 Å². The minimum absolute atomic E-state index is 0.163. The van der Waals surface area contributed by atoms with Gasteiger partial charge < -0.3 is 14.8 Å². The van der Waals surface area contributed by atoms with E-state index in [-0.39, 0.29) is 17.7 Å². The Balaban J connectivity index is 2.61. The molecular weight excluding hydrogens is 233 g/mol. The van der Waals surface area contributed by atoms with E-state index in [2.05, 4.69) is 19.2 Å². The molecule has 0 aromatic heterocycles. The van der Waals surface area contributed by atoms with Crippen LogP contribution in [0.3, 0.4) is 0 Å². The van der Waals surface area contributed by atoms with Crippen molar-refractivity contribution in [1.29, 1.82) is 0 Å². The van der Waals surface area contributed by atoms with E-state index in [0.29, 0.717) is 19.2 Å². The summed E-state index contributed by atoms with van der Waals surface area (Å²) >= 11 is 0. The van der Waals surface area contributed by atoms with Gasteiger partial charge in [-0.2, -0.15) is 0 Å². The fourth-order valence-corrected chi connectivity index (χ4v) is 1.56. The molecule has 0 aliphatic rings. The van der Waals surface area contributed by atoms with E-state index < -0.39 is 0 Å². The molecule has 0 aliphatic carbocycles. The molecule has 18 heavy (non-hydrogen) atoms. The van der Waals surface area contributed by atoms with E-state index in [4.69, 9.17) is 9.47 Å². The standard InChI is InChI=1S/C14H22FNO2/c1-10(2)16-8-12-5-6-14(13(15)7-12)18-11(3)9-17-4/h5-7,10-11,16H,8-9H2,1-4H3. The van der Waals surface area contributed by atoms with Gasteiger partial charge in [-0.25, -0.2) is 4.39 Å². The molecule has 1 aromatic rings. The van der Waals surface area contributed by atoms with Crippen LogP contribution in [0.5, 0.6) is 5.75 Å². The van der Waals surface area contributed by atoms with Gasteiger partial charge in [0.2, 0.25) is 0 Å². The van der Waals surface area contributed by atoms with Crippen LogP contribution in [0.1, 0.15) is 26.3 Å². The first-order chi connectivity index (χ1) is 8.52. The Labute approximate surface area is 108 Å². The number of nitrogens with one attached hydrogen (secondary N) is 1. The first-order valence-corrected chi connectivity index (χ1v) is 6.20. The largest absolute Gasteiger partial charge is 0.485 e. The van der Waals surface area contributed by atoms with Gasteiger partial charge in [0.05, 0.1) is 6.61 Å². The van der Waals surface area contributed by atoms with Crippen molar-refractivity contribution in [2.24, 2.45) is 0 Å². The molecule has 0 heterocycles. The lowest BCUT2D eigenvalue weighted by molar-refractivity contribution is 0.0892. The maximum Gasteiger partial charge on any atom is 0.165 e. The van der Waals surface area contributed by atoms with Gasteiger partial charge >= 0.3 is 0 Å². The Morgan fingerprint density at radius 2 is 2.00 bits per heavy atom. The van der Waals surface area contributed by atoms with Gasteiger partial charge in [0.25, 0.3) is 0 Å². The van der Waals surface area contributed by atoms with Crippen molar-refractivity contribution in [3.05, 3.63) is 29.6 Å². The van der Waals surface area contributed by atoms with Crippen molar-refractivity contribution >= 4 is 0 Å². The first-order valence-electron chi connectivity index (χ1n) is 6.20. The Bertz CT molecular complexity index is 369. The highest BCUT2D eigenvalue weighted by molar-refractivity contribution is 5.29. The molecule has 3 nitrogen and oxygen atoms in total. The number of ether oxygens (including phenoxy) is 2. The van der Waals surface area contributed by atoms with Gasteiger partial charge in [0, 0.05) is 19.7 Å². The van der Waals surface area contributed by atoms with Crippen LogP contribution in [0.2, 0.25) is 0 Å². The van der Waals surface area contributed by atoms with Crippen LogP contribution in [-0.4, -0.2) is 25.9 Å². The molecule has 0 amide bonds. The van der Waals surface area contributed by atoms with Crippen LogP contribution in [0.15, 0.2) is 18.2 Å². The molecule has 1 unspecified atom stereocenters. The number of benzene rings is 1. The summed E-state index contributed by atoms with van der Waals surface area (Å²) in [5.41, 5.74) is 0.910. The van der Waals surface area contributed by atoms with Crippen molar-refractivity contribution in [3.63, 3.8) is 0 Å². The fraction of sp³-hybridized carbons (Fsp3) is 0.571. The van der Waals surface area contributed by atoms with E-state index in [1.54, 1.807) is 13.2 Å². The third kappa shape index (κ3) is 5.02. The minimum Gasteiger partial charge on any atom is -0.485 e. The molecule has 0 fully saturated rings. The molecule has 0 saturated carbocycles. The third-order valence-corrected chi connectivity index (χ3v) is 2.44. The van der Waals surface area contributed by atoms with E-state index in [0.717, 1.165) is 5.56 Å². The molecule has 4 heteroatoms. The topological polar surface area (TPSA) is 30.5 Å². The second-order valence-electron chi connectivity index (χ2n) is 4.68. The summed E-state index contributed by atoms with van der Waals surface area (Å²) < 4.78 is 24.2. The average molecular weight is 255 g/mol. The summed E-state index contributed by atoms with van der Waals surface area (Å²) in [6, 6.07) is 5.42. The Hall–Kier alpha value is -1.13. The Morgan fingerprint density at radius 1 is 1.28 bits per heavy atom. The summed E-state index contributed by atoms with van der Waals surface area (Å²) in [6.07, 6.45) is -0.163. The van der Waals surface area contributed by atoms with Crippen molar-refractivity contribution in [2.75, 3.05) is 13.7 Å². The maximum absolute atomic E-state index is 13.8. The van der Waals surface area contributed by atoms with E-state index in [1.165, 1.54) is 6.07 Å². The minimum atomic E-state index is -0.332. The van der Waals surface area contributed by atoms with Gasteiger partial charge in [-0.15, -0.1) is 0 Å². The monoisotopic (exact) mass is 255 g/mol. The molecule has 1 atom stereocenters. The molecular formula is C14H22FNO2. The molecule has 0 aliphatic heterocycles. The van der Waals surface area contributed by atoms with Gasteiger partial charge in [-0.3, -0.25) is 0 Å². The summed E-state index contributed by atoms with van der Waals surface area (Å²) in [4.78, 5) is 0. The predicted molar refractivity (Wildman–Crippen MR) is 70.3 cm³/mol. The fourth-order valence-electron chi connectivity index (χ4n) is 1.56. The van der Waals surface area contributed by atoms with Crippen LogP contribution in [-0.2, 0) is 11.3 Å². The lowest BCUT2D eigenvalue weighted by Crippen LogP contribution is -2.22. The zero-order valence-electron chi connectivity index (χ0n) is 11.5. The van der Waals surface area contributed by atoms with Crippen LogP contribution >= 0.6 is 0 Å². The van der Waals surface area contributed by atoms with Gasteiger partial charge in [0.1, 0.15) is 6.10 Å². The highest BCUT2D eigenvalue weighted by Crippen LogP contribution is 2.19. The number of hydrogen-bond donors (Lipinski definition) is 1. The zero-order valence-corrected chi connectivity index (χ0v) is 11.5. The second kappa shape index (κ2) is 7.34. The summed E-state index contributed by atoms with van der Waals surface area (Å²) in [6.45, 7) is 7.05. The van der Waals surface area contributed by atoms with Crippen LogP contribution in [0.25, 0.3) is 0 Å². The van der Waals surface area contributed by atoms with E-state index in [9.17, 15) is 4.39 Å². The third-order valence-electron chi connectivity index (χ3n) is 2.44. The quantitative estimate of drug-likeness (QED) is 0.812. The van der Waals surface area contributed by atoms with Crippen molar-refractivity contribution in [1.82, 2.24) is 5.32 Å². The predicted octanol–water partition coefficient (Wildman–Crippen LogP) is 2.74. The normalized spacial score (nSPS) is 12.8. The number of rotatable bonds is 7. The number of methoxy groups -OCH3 is 1. The highest BCUT2D eigenvalue weighted by Gasteiger charge is 2.09. The smallest absolute Gasteiger partial charge is 0.165 e. The van der Waals surface area contributed by atoms with Crippen molar-refractivity contribution < 1.29 is 13.9 Å². The summed E-state index contributed by atoms with van der Waals surface area (Å²) in [5.74, 6) is -0.0612. The Morgan fingerprint density at radius 3 is 2.56 bits per heavy atom. The lowest BCUT2D eigenvalue weighted by Gasteiger charge is -2.15. The first kappa shape index (κ1) is 14.9. The molecule has 0 radical (unpaired) electrons. The zero-order chi connectivity index (χ0) is 13.5. The number of hydrogen-bond acceptors (Lipinski definition) is 3. The van der Waals surface area contributed by atoms with Crippen LogP contribution < -0.4 is 10.1 Å². The maximum atomic E-state index is 13.8. The van der Waals surface area contributed by atoms with Crippen molar-refractivity contribution in [2.45, 2.75) is 39.5 Å². The van der Waals surface area contributed by atoms with E-state index in [1.807, 2.05) is 13.0 Å². The molecule has 0 saturated heterocycles. The molecule has 0 spiro atoms. The SMILES string of the molecule is COCC(C)Oc1ccc(CNC(C)C)cc1F. The number of halogens is 1. The van der Waals surface area contributed by atoms with Crippen molar-refractivity contribution in [3.8, 4) is 5.75 Å². The molecule has 1 aromatic carbocycles. The molecule has 0 bridgehead atoms. The Kier molecular flexibility index (Phi) is 6.09. The van der Waals surface area contributed by atoms with Gasteiger partial charge in [0.15, 0.2) is 11.6 Å².